The summed E-state index contributed by atoms with van der Waals surface area (Å²) in [5, 5.41) is 11.4. The van der Waals surface area contributed by atoms with Gasteiger partial charge in [-0.2, -0.15) is 0 Å². The van der Waals surface area contributed by atoms with Crippen molar-refractivity contribution in [2.75, 3.05) is 18.0 Å². The number of anilines is 1. The summed E-state index contributed by atoms with van der Waals surface area (Å²) >= 11 is 0. The van der Waals surface area contributed by atoms with Crippen molar-refractivity contribution in [2.24, 2.45) is 0 Å². The summed E-state index contributed by atoms with van der Waals surface area (Å²) in [6.07, 6.45) is 5.18. The molecule has 0 unspecified atom stereocenters. The molecule has 4 rings (SSSR count). The maximum absolute atomic E-state index is 12.7. The van der Waals surface area contributed by atoms with E-state index in [1.165, 1.54) is 0 Å². The third kappa shape index (κ3) is 3.71. The summed E-state index contributed by atoms with van der Waals surface area (Å²) in [4.78, 5) is 23.5. The molecule has 1 aromatic carbocycles. The molecular formula is C20H23N7O. The fraction of sp³-hybridized carbons (Fsp3) is 0.350. The molecule has 1 amide bonds. The lowest BCUT2D eigenvalue weighted by molar-refractivity contribution is 0.0925. The second-order valence-electron chi connectivity index (χ2n) is 7.06. The number of piperidine rings is 1. The number of aryl methyl sites for hydroxylation is 1. The molecule has 144 valence electrons. The van der Waals surface area contributed by atoms with Crippen LogP contribution in [0.15, 0.2) is 42.7 Å². The van der Waals surface area contributed by atoms with E-state index in [1.807, 2.05) is 44.2 Å². The number of hydrogen-bond acceptors (Lipinski definition) is 6. The first-order chi connectivity index (χ1) is 13.6. The van der Waals surface area contributed by atoms with Crippen LogP contribution in [-0.2, 0) is 0 Å². The van der Waals surface area contributed by atoms with E-state index < -0.39 is 0 Å². The zero-order valence-electron chi connectivity index (χ0n) is 16.0. The number of nitrogens with one attached hydrogen (secondary N) is 1. The van der Waals surface area contributed by atoms with Crippen molar-refractivity contribution in [3.8, 4) is 5.69 Å². The Bertz CT molecular complexity index is 962. The van der Waals surface area contributed by atoms with E-state index >= 15 is 0 Å². The fourth-order valence-corrected chi connectivity index (χ4v) is 3.48. The molecule has 0 radical (unpaired) electrons. The number of amides is 1. The fourth-order valence-electron chi connectivity index (χ4n) is 3.48. The lowest BCUT2D eigenvalue weighted by atomic mass is 10.1. The van der Waals surface area contributed by atoms with Crippen LogP contribution in [0.3, 0.4) is 0 Å². The standard InChI is InChI=1S/C20H23N7O/c1-14-5-3-6-17(13-14)27-15(2)18(24-25-27)19(28)23-16-7-11-26(12-8-16)20-21-9-4-10-22-20/h3-6,9-10,13,16H,7-8,11-12H2,1-2H3,(H,23,28). The average Bonchev–Trinajstić information content (AvgIpc) is 3.11. The van der Waals surface area contributed by atoms with Gasteiger partial charge in [-0.1, -0.05) is 17.3 Å². The van der Waals surface area contributed by atoms with Gasteiger partial charge in [-0.3, -0.25) is 4.79 Å². The van der Waals surface area contributed by atoms with Gasteiger partial charge in [-0.05, 0) is 50.5 Å². The quantitative estimate of drug-likeness (QED) is 0.749. The molecule has 8 heteroatoms. The van der Waals surface area contributed by atoms with Gasteiger partial charge in [0.05, 0.1) is 11.4 Å². The smallest absolute Gasteiger partial charge is 0.273 e. The van der Waals surface area contributed by atoms with Crippen molar-refractivity contribution < 1.29 is 4.79 Å². The monoisotopic (exact) mass is 377 g/mol. The van der Waals surface area contributed by atoms with Gasteiger partial charge in [0.1, 0.15) is 0 Å². The number of nitrogens with zero attached hydrogens (tertiary/aromatic N) is 6. The van der Waals surface area contributed by atoms with Gasteiger partial charge in [0, 0.05) is 31.5 Å². The lowest BCUT2D eigenvalue weighted by Crippen LogP contribution is -2.45. The van der Waals surface area contributed by atoms with E-state index in [4.69, 9.17) is 0 Å². The third-order valence-electron chi connectivity index (χ3n) is 5.02. The highest BCUT2D eigenvalue weighted by molar-refractivity contribution is 5.93. The van der Waals surface area contributed by atoms with Crippen molar-refractivity contribution in [3.05, 3.63) is 59.7 Å². The molecule has 3 aromatic rings. The summed E-state index contributed by atoms with van der Waals surface area (Å²) in [5.41, 5.74) is 3.14. The van der Waals surface area contributed by atoms with Crippen LogP contribution in [0.4, 0.5) is 5.95 Å². The minimum Gasteiger partial charge on any atom is -0.348 e. The van der Waals surface area contributed by atoms with Crippen LogP contribution in [0.5, 0.6) is 0 Å². The van der Waals surface area contributed by atoms with Gasteiger partial charge < -0.3 is 10.2 Å². The molecule has 1 aliphatic rings. The second-order valence-corrected chi connectivity index (χ2v) is 7.06. The average molecular weight is 377 g/mol. The van der Waals surface area contributed by atoms with Crippen molar-refractivity contribution in [3.63, 3.8) is 0 Å². The first-order valence-electron chi connectivity index (χ1n) is 9.44. The Hall–Kier alpha value is -3.29. The van der Waals surface area contributed by atoms with Crippen LogP contribution in [0, 0.1) is 13.8 Å². The molecule has 28 heavy (non-hydrogen) atoms. The van der Waals surface area contributed by atoms with Gasteiger partial charge >= 0.3 is 0 Å². The molecule has 1 N–H and O–H groups in total. The predicted molar refractivity (Wildman–Crippen MR) is 106 cm³/mol. The Morgan fingerprint density at radius 1 is 1.11 bits per heavy atom. The zero-order valence-corrected chi connectivity index (χ0v) is 16.0. The first kappa shape index (κ1) is 18.1. The summed E-state index contributed by atoms with van der Waals surface area (Å²) in [7, 11) is 0. The minimum atomic E-state index is -0.175. The van der Waals surface area contributed by atoms with Crippen LogP contribution >= 0.6 is 0 Å². The topological polar surface area (TPSA) is 88.8 Å². The normalized spacial score (nSPS) is 14.9. The SMILES string of the molecule is Cc1cccc(-n2nnc(C(=O)NC3CCN(c4ncccn4)CC3)c2C)c1. The summed E-state index contributed by atoms with van der Waals surface area (Å²) < 4.78 is 1.71. The first-order valence-corrected chi connectivity index (χ1v) is 9.44. The van der Waals surface area contributed by atoms with Crippen LogP contribution in [0.1, 0.15) is 34.6 Å². The molecule has 8 nitrogen and oxygen atoms in total. The van der Waals surface area contributed by atoms with Crippen LogP contribution < -0.4 is 10.2 Å². The van der Waals surface area contributed by atoms with Gasteiger partial charge in [0.25, 0.3) is 5.91 Å². The van der Waals surface area contributed by atoms with Gasteiger partial charge in [-0.15, -0.1) is 5.10 Å². The largest absolute Gasteiger partial charge is 0.348 e. The maximum Gasteiger partial charge on any atom is 0.273 e. The van der Waals surface area contributed by atoms with E-state index in [-0.39, 0.29) is 11.9 Å². The highest BCUT2D eigenvalue weighted by Gasteiger charge is 2.25. The molecule has 0 aliphatic carbocycles. The molecular weight excluding hydrogens is 354 g/mol. The van der Waals surface area contributed by atoms with E-state index in [9.17, 15) is 4.79 Å². The van der Waals surface area contributed by atoms with Gasteiger partial charge in [0.15, 0.2) is 5.69 Å². The van der Waals surface area contributed by atoms with Crippen molar-refractivity contribution >= 4 is 11.9 Å². The van der Waals surface area contributed by atoms with Crippen molar-refractivity contribution in [1.29, 1.82) is 0 Å². The Balaban J connectivity index is 1.40. The molecule has 1 aliphatic heterocycles. The number of hydrogen-bond donors (Lipinski definition) is 1. The number of benzene rings is 1. The molecule has 3 heterocycles. The zero-order chi connectivity index (χ0) is 19.5. The highest BCUT2D eigenvalue weighted by atomic mass is 16.2. The molecule has 1 saturated heterocycles. The lowest BCUT2D eigenvalue weighted by Gasteiger charge is -2.32. The molecule has 2 aromatic heterocycles. The van der Waals surface area contributed by atoms with Gasteiger partial charge in [-0.25, -0.2) is 14.6 Å². The Labute approximate surface area is 163 Å². The summed E-state index contributed by atoms with van der Waals surface area (Å²) in [5.74, 6) is 0.565. The number of carbonyl (C=O) groups excluding carboxylic acids is 1. The van der Waals surface area contributed by atoms with Crippen LogP contribution in [0.25, 0.3) is 5.69 Å². The summed E-state index contributed by atoms with van der Waals surface area (Å²) in [6, 6.07) is 9.88. The second kappa shape index (κ2) is 7.75. The summed E-state index contributed by atoms with van der Waals surface area (Å²) in [6.45, 7) is 5.51. The van der Waals surface area contributed by atoms with Gasteiger partial charge in [0.2, 0.25) is 5.95 Å². The van der Waals surface area contributed by atoms with Crippen LogP contribution in [-0.4, -0.2) is 50.0 Å². The maximum atomic E-state index is 12.7. The molecule has 0 bridgehead atoms. The Morgan fingerprint density at radius 3 is 2.57 bits per heavy atom. The number of aromatic nitrogens is 5. The minimum absolute atomic E-state index is 0.107. The Kier molecular flexibility index (Phi) is 5.01. The number of carbonyl (C=O) groups is 1. The predicted octanol–water partition coefficient (Wildman–Crippen LogP) is 2.07. The third-order valence-corrected chi connectivity index (χ3v) is 5.02. The van der Waals surface area contributed by atoms with E-state index in [2.05, 4.69) is 30.5 Å². The van der Waals surface area contributed by atoms with Crippen molar-refractivity contribution in [1.82, 2.24) is 30.3 Å². The van der Waals surface area contributed by atoms with E-state index in [0.29, 0.717) is 5.69 Å². The molecule has 1 fully saturated rings. The highest BCUT2D eigenvalue weighted by Crippen LogP contribution is 2.17. The molecule has 0 saturated carbocycles. The van der Waals surface area contributed by atoms with Crippen molar-refractivity contribution in [2.45, 2.75) is 32.7 Å². The van der Waals surface area contributed by atoms with E-state index in [1.54, 1.807) is 17.1 Å². The van der Waals surface area contributed by atoms with E-state index in [0.717, 1.165) is 48.8 Å². The molecule has 0 atom stereocenters. The van der Waals surface area contributed by atoms with Crippen LogP contribution in [0.2, 0.25) is 0 Å². The number of rotatable bonds is 4. The molecule has 0 spiro atoms. The Morgan fingerprint density at radius 2 is 1.86 bits per heavy atom.